The van der Waals surface area contributed by atoms with Crippen molar-refractivity contribution < 1.29 is 9.13 Å². The van der Waals surface area contributed by atoms with Gasteiger partial charge >= 0.3 is 0 Å². The van der Waals surface area contributed by atoms with Crippen LogP contribution in [0.4, 0.5) is 10.2 Å². The molecule has 1 heterocycles. The molecule has 2 aromatic rings. The van der Waals surface area contributed by atoms with Crippen LogP contribution in [0, 0.1) is 5.82 Å². The highest BCUT2D eigenvalue weighted by atomic mass is 19.1. The fraction of sp³-hybridized carbons (Fsp3) is 0.286. The average Bonchev–Trinajstić information content (AvgIpc) is 2.45. The van der Waals surface area contributed by atoms with Gasteiger partial charge in [0.2, 0.25) is 0 Å². The predicted molar refractivity (Wildman–Crippen MR) is 72.8 cm³/mol. The van der Waals surface area contributed by atoms with Crippen LogP contribution in [-0.2, 0) is 0 Å². The minimum Gasteiger partial charge on any atom is -0.497 e. The first-order valence-electron chi connectivity index (χ1n) is 6.14. The van der Waals surface area contributed by atoms with Crippen molar-refractivity contribution in [3.05, 3.63) is 36.4 Å². The van der Waals surface area contributed by atoms with E-state index in [0.717, 1.165) is 13.0 Å². The van der Waals surface area contributed by atoms with Gasteiger partial charge in [0.15, 0.2) is 0 Å². The second-order valence-electron chi connectivity index (χ2n) is 4.06. The Balaban J connectivity index is 2.30. The van der Waals surface area contributed by atoms with Gasteiger partial charge in [-0.25, -0.2) is 9.37 Å². The van der Waals surface area contributed by atoms with Crippen molar-refractivity contribution in [1.82, 2.24) is 9.97 Å². The molecule has 0 aliphatic rings. The van der Waals surface area contributed by atoms with Gasteiger partial charge in [-0.15, -0.1) is 0 Å². The van der Waals surface area contributed by atoms with E-state index < -0.39 is 0 Å². The van der Waals surface area contributed by atoms with Crippen molar-refractivity contribution in [2.75, 3.05) is 19.0 Å². The van der Waals surface area contributed by atoms with E-state index in [1.54, 1.807) is 24.5 Å². The van der Waals surface area contributed by atoms with E-state index in [9.17, 15) is 4.39 Å². The number of benzene rings is 1. The van der Waals surface area contributed by atoms with Crippen molar-refractivity contribution >= 4 is 5.82 Å². The third-order valence-electron chi connectivity index (χ3n) is 2.64. The van der Waals surface area contributed by atoms with Crippen molar-refractivity contribution in [1.29, 1.82) is 0 Å². The summed E-state index contributed by atoms with van der Waals surface area (Å²) in [4.78, 5) is 8.42. The van der Waals surface area contributed by atoms with Crippen molar-refractivity contribution in [2.45, 2.75) is 13.3 Å². The van der Waals surface area contributed by atoms with Gasteiger partial charge in [0.25, 0.3) is 0 Å². The number of hydrogen-bond acceptors (Lipinski definition) is 4. The van der Waals surface area contributed by atoms with E-state index >= 15 is 0 Å². The highest BCUT2D eigenvalue weighted by Gasteiger charge is 2.09. The molecule has 0 saturated heterocycles. The third kappa shape index (κ3) is 3.19. The lowest BCUT2D eigenvalue weighted by Crippen LogP contribution is -2.03. The maximum atomic E-state index is 13.9. The Labute approximate surface area is 111 Å². The SMILES string of the molecule is CCCNc1cncc(-c2ccc(OC)cc2F)n1. The molecular weight excluding hydrogens is 245 g/mol. The zero-order valence-electron chi connectivity index (χ0n) is 11.0. The van der Waals surface area contributed by atoms with Crippen LogP contribution in [0.3, 0.4) is 0 Å². The van der Waals surface area contributed by atoms with E-state index in [1.165, 1.54) is 13.2 Å². The van der Waals surface area contributed by atoms with E-state index in [-0.39, 0.29) is 5.82 Å². The van der Waals surface area contributed by atoms with Gasteiger partial charge in [0.05, 0.1) is 25.2 Å². The third-order valence-corrected chi connectivity index (χ3v) is 2.64. The normalized spacial score (nSPS) is 10.3. The first-order valence-corrected chi connectivity index (χ1v) is 6.14. The fourth-order valence-corrected chi connectivity index (χ4v) is 1.66. The zero-order valence-corrected chi connectivity index (χ0v) is 11.0. The molecule has 4 nitrogen and oxygen atoms in total. The summed E-state index contributed by atoms with van der Waals surface area (Å²) < 4.78 is 18.9. The van der Waals surface area contributed by atoms with Crippen LogP contribution >= 0.6 is 0 Å². The molecule has 19 heavy (non-hydrogen) atoms. The molecule has 1 aromatic heterocycles. The maximum absolute atomic E-state index is 13.9. The summed E-state index contributed by atoms with van der Waals surface area (Å²) >= 11 is 0. The Morgan fingerprint density at radius 2 is 2.16 bits per heavy atom. The Kier molecular flexibility index (Phi) is 4.28. The Bertz CT molecular complexity index is 560. The summed E-state index contributed by atoms with van der Waals surface area (Å²) in [6.45, 7) is 2.87. The van der Waals surface area contributed by atoms with E-state index in [4.69, 9.17) is 4.74 Å². The number of hydrogen-bond donors (Lipinski definition) is 1. The van der Waals surface area contributed by atoms with Gasteiger partial charge in [0, 0.05) is 18.2 Å². The van der Waals surface area contributed by atoms with E-state index in [0.29, 0.717) is 22.8 Å². The molecule has 0 fully saturated rings. The van der Waals surface area contributed by atoms with Crippen LogP contribution < -0.4 is 10.1 Å². The minimum atomic E-state index is -0.374. The quantitative estimate of drug-likeness (QED) is 0.898. The van der Waals surface area contributed by atoms with Crippen LogP contribution in [0.1, 0.15) is 13.3 Å². The molecule has 0 atom stereocenters. The summed E-state index contributed by atoms with van der Waals surface area (Å²) in [5.41, 5.74) is 0.912. The van der Waals surface area contributed by atoms with E-state index in [1.807, 2.05) is 0 Å². The number of anilines is 1. The molecule has 0 aliphatic heterocycles. The minimum absolute atomic E-state index is 0.374. The van der Waals surface area contributed by atoms with Gasteiger partial charge in [0.1, 0.15) is 17.4 Å². The van der Waals surface area contributed by atoms with Crippen molar-refractivity contribution in [3.8, 4) is 17.0 Å². The molecule has 0 unspecified atom stereocenters. The van der Waals surface area contributed by atoms with Gasteiger partial charge in [-0.2, -0.15) is 0 Å². The van der Waals surface area contributed by atoms with Gasteiger partial charge in [-0.05, 0) is 18.6 Å². The second kappa shape index (κ2) is 6.13. The number of nitrogens with zero attached hydrogens (tertiary/aromatic N) is 2. The fourth-order valence-electron chi connectivity index (χ4n) is 1.66. The van der Waals surface area contributed by atoms with Crippen molar-refractivity contribution in [3.63, 3.8) is 0 Å². The Hall–Kier alpha value is -2.17. The lowest BCUT2D eigenvalue weighted by molar-refractivity contribution is 0.411. The number of nitrogens with one attached hydrogen (secondary N) is 1. The number of aromatic nitrogens is 2. The number of ether oxygens (including phenoxy) is 1. The van der Waals surface area contributed by atoms with Gasteiger partial charge in [-0.1, -0.05) is 6.92 Å². The number of halogens is 1. The Morgan fingerprint density at radius 1 is 1.32 bits per heavy atom. The molecule has 0 saturated carbocycles. The highest BCUT2D eigenvalue weighted by Crippen LogP contribution is 2.24. The number of rotatable bonds is 5. The number of methoxy groups -OCH3 is 1. The van der Waals surface area contributed by atoms with Crippen LogP contribution in [0.25, 0.3) is 11.3 Å². The summed E-state index contributed by atoms with van der Waals surface area (Å²) in [5, 5.41) is 3.13. The van der Waals surface area contributed by atoms with E-state index in [2.05, 4.69) is 22.2 Å². The van der Waals surface area contributed by atoms with Crippen LogP contribution in [0.2, 0.25) is 0 Å². The van der Waals surface area contributed by atoms with Crippen molar-refractivity contribution in [2.24, 2.45) is 0 Å². The Morgan fingerprint density at radius 3 is 2.84 bits per heavy atom. The molecular formula is C14H16FN3O. The molecule has 0 amide bonds. The predicted octanol–water partition coefficient (Wildman–Crippen LogP) is 3.11. The topological polar surface area (TPSA) is 47.0 Å². The summed E-state index contributed by atoms with van der Waals surface area (Å²) in [6.07, 6.45) is 4.16. The zero-order chi connectivity index (χ0) is 13.7. The van der Waals surface area contributed by atoms with Crippen LogP contribution in [0.15, 0.2) is 30.6 Å². The highest BCUT2D eigenvalue weighted by molar-refractivity contribution is 5.61. The van der Waals surface area contributed by atoms with Crippen LogP contribution in [-0.4, -0.2) is 23.6 Å². The molecule has 1 N–H and O–H groups in total. The molecule has 0 radical (unpaired) electrons. The summed E-state index contributed by atoms with van der Waals surface area (Å²) in [5.74, 6) is 0.755. The first kappa shape index (κ1) is 13.3. The monoisotopic (exact) mass is 261 g/mol. The lowest BCUT2D eigenvalue weighted by Gasteiger charge is -2.07. The molecule has 0 bridgehead atoms. The maximum Gasteiger partial charge on any atom is 0.145 e. The summed E-state index contributed by atoms with van der Waals surface area (Å²) in [7, 11) is 1.50. The molecule has 1 aromatic carbocycles. The van der Waals surface area contributed by atoms with Gasteiger partial charge < -0.3 is 10.1 Å². The molecule has 0 spiro atoms. The smallest absolute Gasteiger partial charge is 0.145 e. The standard InChI is InChI=1S/C14H16FN3O/c1-3-6-17-14-9-16-8-13(18-14)11-5-4-10(19-2)7-12(11)15/h4-5,7-9H,3,6H2,1-2H3,(H,17,18). The molecule has 100 valence electrons. The molecule has 2 rings (SSSR count). The second-order valence-corrected chi connectivity index (χ2v) is 4.06. The van der Waals surface area contributed by atoms with Gasteiger partial charge in [-0.3, -0.25) is 4.98 Å². The molecule has 0 aliphatic carbocycles. The lowest BCUT2D eigenvalue weighted by atomic mass is 10.1. The molecule has 5 heteroatoms. The largest absolute Gasteiger partial charge is 0.497 e. The summed E-state index contributed by atoms with van der Waals surface area (Å²) in [6, 6.07) is 4.68. The average molecular weight is 261 g/mol. The van der Waals surface area contributed by atoms with Crippen LogP contribution in [0.5, 0.6) is 5.75 Å². The first-order chi connectivity index (χ1) is 9.24.